The van der Waals surface area contributed by atoms with E-state index in [0.717, 1.165) is 11.8 Å². The number of aromatic nitrogens is 3. The molecule has 8 nitrogen and oxygen atoms in total. The molecule has 0 amide bonds. The van der Waals surface area contributed by atoms with Crippen LogP contribution in [-0.4, -0.2) is 31.3 Å². The topological polar surface area (TPSA) is 108 Å². The maximum Gasteiger partial charge on any atom is 0.269 e. The van der Waals surface area contributed by atoms with Crippen molar-refractivity contribution >= 4 is 40.6 Å². The molecule has 0 fully saturated rings. The molecule has 154 valence electrons. The molecule has 1 heterocycles. The lowest BCUT2D eigenvalue weighted by Crippen LogP contribution is -2.18. The van der Waals surface area contributed by atoms with Gasteiger partial charge in [-0.3, -0.25) is 24.3 Å². The molecule has 0 saturated carbocycles. The lowest BCUT2D eigenvalue weighted by Gasteiger charge is -2.17. The van der Waals surface area contributed by atoms with Gasteiger partial charge in [0.15, 0.2) is 11.0 Å². The van der Waals surface area contributed by atoms with Crippen molar-refractivity contribution in [2.45, 2.75) is 11.7 Å². The molecule has 0 atom stereocenters. The summed E-state index contributed by atoms with van der Waals surface area (Å²) in [5, 5.41) is 19.4. The number of hydrogen-bond acceptors (Lipinski definition) is 7. The van der Waals surface area contributed by atoms with E-state index in [0.29, 0.717) is 23.1 Å². The molecule has 0 aliphatic heterocycles. The Labute approximate surface area is 185 Å². The number of carbonyl (C=O) groups is 2. The summed E-state index contributed by atoms with van der Waals surface area (Å²) < 4.78 is 1.69. The van der Waals surface area contributed by atoms with E-state index >= 15 is 0 Å². The maximum atomic E-state index is 13.0. The summed E-state index contributed by atoms with van der Waals surface area (Å²) in [6.07, 6.45) is 1.63. The van der Waals surface area contributed by atoms with Crippen LogP contribution in [0.25, 0.3) is 11.4 Å². The normalized spacial score (nSPS) is 13.3. The minimum absolute atomic E-state index is 0.0462. The Kier molecular flexibility index (Phi) is 5.53. The zero-order valence-corrected chi connectivity index (χ0v) is 17.4. The largest absolute Gasteiger partial charge is 0.298 e. The van der Waals surface area contributed by atoms with Gasteiger partial charge in [-0.2, -0.15) is 0 Å². The smallest absolute Gasteiger partial charge is 0.269 e. The minimum atomic E-state index is -0.489. The first kappa shape index (κ1) is 20.7. The second-order valence-corrected chi connectivity index (χ2v) is 7.81. The summed E-state index contributed by atoms with van der Waals surface area (Å²) in [6, 6.07) is 12.4. The van der Waals surface area contributed by atoms with Crippen molar-refractivity contribution in [1.82, 2.24) is 14.8 Å². The number of benzene rings is 2. The molecule has 0 saturated heterocycles. The predicted octanol–water partition coefficient (Wildman–Crippen LogP) is 4.66. The van der Waals surface area contributed by atoms with Gasteiger partial charge in [-0.05, 0) is 23.9 Å². The highest BCUT2D eigenvalue weighted by Gasteiger charge is 2.33. The van der Waals surface area contributed by atoms with Crippen LogP contribution in [0.5, 0.6) is 0 Å². The Hall–Kier alpha value is -3.56. The van der Waals surface area contributed by atoms with E-state index in [1.165, 1.54) is 12.1 Å². The van der Waals surface area contributed by atoms with Gasteiger partial charge in [0.2, 0.25) is 11.6 Å². The molecule has 31 heavy (non-hydrogen) atoms. The van der Waals surface area contributed by atoms with Crippen molar-refractivity contribution < 1.29 is 14.5 Å². The van der Waals surface area contributed by atoms with Crippen LogP contribution in [0.2, 0.25) is 0 Å². The maximum absolute atomic E-state index is 13.0. The van der Waals surface area contributed by atoms with Crippen LogP contribution in [0.15, 0.2) is 76.3 Å². The zero-order valence-electron chi connectivity index (χ0n) is 15.8. The van der Waals surface area contributed by atoms with Crippen LogP contribution < -0.4 is 0 Å². The molecule has 0 bridgehead atoms. The second kappa shape index (κ2) is 8.29. The van der Waals surface area contributed by atoms with E-state index in [1.54, 1.807) is 47.0 Å². The van der Waals surface area contributed by atoms with E-state index in [2.05, 4.69) is 16.8 Å². The van der Waals surface area contributed by atoms with Crippen LogP contribution in [0.4, 0.5) is 5.69 Å². The average molecular weight is 453 g/mol. The molecule has 1 aliphatic rings. The molecular weight excluding hydrogens is 440 g/mol. The average Bonchev–Trinajstić information content (AvgIpc) is 3.17. The van der Waals surface area contributed by atoms with E-state index in [1.807, 2.05) is 0 Å². The van der Waals surface area contributed by atoms with E-state index in [9.17, 15) is 19.7 Å². The monoisotopic (exact) mass is 452 g/mol. The van der Waals surface area contributed by atoms with E-state index in [-0.39, 0.29) is 32.5 Å². The molecule has 1 aliphatic carbocycles. The number of carbonyl (C=O) groups excluding carboxylic acids is 2. The number of halogens is 1. The Morgan fingerprint density at radius 3 is 2.32 bits per heavy atom. The van der Waals surface area contributed by atoms with Gasteiger partial charge in [-0.1, -0.05) is 41.9 Å². The van der Waals surface area contributed by atoms with Gasteiger partial charge in [-0.15, -0.1) is 16.8 Å². The molecule has 10 heteroatoms. The quantitative estimate of drug-likeness (QED) is 0.304. The van der Waals surface area contributed by atoms with Crippen molar-refractivity contribution in [1.29, 1.82) is 0 Å². The zero-order chi connectivity index (χ0) is 22.1. The molecule has 4 rings (SSSR count). The fraction of sp³-hybridized carbons (Fsp3) is 0.0476. The van der Waals surface area contributed by atoms with Gasteiger partial charge in [0, 0.05) is 35.4 Å². The summed E-state index contributed by atoms with van der Waals surface area (Å²) >= 11 is 7.20. The number of nitrogens with zero attached hydrogens (tertiary/aromatic N) is 4. The van der Waals surface area contributed by atoms with Crippen LogP contribution in [-0.2, 0) is 6.54 Å². The molecular formula is C21H13ClN4O4S. The van der Waals surface area contributed by atoms with Crippen molar-refractivity contribution in [2.24, 2.45) is 0 Å². The van der Waals surface area contributed by atoms with Crippen LogP contribution in [0.3, 0.4) is 0 Å². The summed E-state index contributed by atoms with van der Waals surface area (Å²) in [4.78, 5) is 36.1. The molecule has 3 aromatic rings. The first-order valence-electron chi connectivity index (χ1n) is 8.97. The first-order valence-corrected chi connectivity index (χ1v) is 10.2. The van der Waals surface area contributed by atoms with E-state index < -0.39 is 10.7 Å². The highest BCUT2D eigenvalue weighted by atomic mass is 35.5. The lowest BCUT2D eigenvalue weighted by molar-refractivity contribution is -0.384. The standard InChI is InChI=1S/C21H13ClN4O4S/c1-2-11-25-20(12-7-9-13(10-8-12)26(29)30)23-24-21(25)31-19-16(22)17(27)14-5-3-4-6-15(14)18(19)28/h2-10H,1,11H2. The number of nitro groups is 1. The molecule has 0 radical (unpaired) electrons. The van der Waals surface area contributed by atoms with Crippen LogP contribution >= 0.6 is 23.4 Å². The third-order valence-electron chi connectivity index (χ3n) is 4.58. The number of ketones is 2. The highest BCUT2D eigenvalue weighted by Crippen LogP contribution is 2.38. The van der Waals surface area contributed by atoms with Crippen molar-refractivity contribution in [3.05, 3.63) is 92.4 Å². The lowest BCUT2D eigenvalue weighted by atomic mass is 9.95. The van der Waals surface area contributed by atoms with Gasteiger partial charge in [0.1, 0.15) is 5.03 Å². The number of nitro benzene ring substituents is 1. The molecule has 0 unspecified atom stereocenters. The number of hydrogen-bond donors (Lipinski definition) is 0. The number of thioether (sulfide) groups is 1. The molecule has 0 N–H and O–H groups in total. The molecule has 0 spiro atoms. The molecule has 2 aromatic carbocycles. The summed E-state index contributed by atoms with van der Waals surface area (Å²) in [5.74, 6) is -0.357. The van der Waals surface area contributed by atoms with Crippen molar-refractivity contribution in [2.75, 3.05) is 0 Å². The summed E-state index contributed by atoms with van der Waals surface area (Å²) in [6.45, 7) is 4.04. The first-order chi connectivity index (χ1) is 14.9. The number of rotatable bonds is 6. The van der Waals surface area contributed by atoms with Crippen LogP contribution in [0.1, 0.15) is 20.7 Å². The van der Waals surface area contributed by atoms with Gasteiger partial charge in [-0.25, -0.2) is 0 Å². The van der Waals surface area contributed by atoms with Crippen molar-refractivity contribution in [3.8, 4) is 11.4 Å². The van der Waals surface area contributed by atoms with Crippen LogP contribution in [0, 0.1) is 10.1 Å². The third-order valence-corrected chi connectivity index (χ3v) is 6.13. The summed E-state index contributed by atoms with van der Waals surface area (Å²) in [7, 11) is 0. The summed E-state index contributed by atoms with van der Waals surface area (Å²) in [5.41, 5.74) is 1.10. The number of Topliss-reactive ketones (excluding diaryl/α,β-unsaturated/α-hetero) is 2. The van der Waals surface area contributed by atoms with Gasteiger partial charge in [0.25, 0.3) is 5.69 Å². The predicted molar refractivity (Wildman–Crippen MR) is 116 cm³/mol. The fourth-order valence-electron chi connectivity index (χ4n) is 3.11. The van der Waals surface area contributed by atoms with E-state index in [4.69, 9.17) is 11.6 Å². The second-order valence-electron chi connectivity index (χ2n) is 6.46. The third kappa shape index (κ3) is 3.69. The Morgan fingerprint density at radius 1 is 1.06 bits per heavy atom. The Balaban J connectivity index is 1.73. The highest BCUT2D eigenvalue weighted by molar-refractivity contribution is 8.04. The Bertz CT molecular complexity index is 1280. The fourth-order valence-corrected chi connectivity index (χ4v) is 4.33. The van der Waals surface area contributed by atoms with Gasteiger partial charge < -0.3 is 0 Å². The Morgan fingerprint density at radius 2 is 1.71 bits per heavy atom. The van der Waals surface area contributed by atoms with Gasteiger partial charge in [0.05, 0.1) is 9.83 Å². The van der Waals surface area contributed by atoms with Crippen molar-refractivity contribution in [3.63, 3.8) is 0 Å². The number of fused-ring (bicyclic) bond motifs is 1. The SMILES string of the molecule is C=CCn1c(SC2=C(Cl)C(=O)c3ccccc3C2=O)nnc1-c1ccc([N+](=O)[O-])cc1. The minimum Gasteiger partial charge on any atom is -0.298 e. The number of non-ortho nitro benzene ring substituents is 1. The van der Waals surface area contributed by atoms with Gasteiger partial charge >= 0.3 is 0 Å². The number of allylic oxidation sites excluding steroid dienone is 3. The molecule has 1 aromatic heterocycles.